The van der Waals surface area contributed by atoms with Crippen molar-refractivity contribution in [1.82, 2.24) is 0 Å². The quantitative estimate of drug-likeness (QED) is 0.570. The second-order valence-electron chi connectivity index (χ2n) is 3.92. The van der Waals surface area contributed by atoms with Gasteiger partial charge >= 0.3 is 5.97 Å². The van der Waals surface area contributed by atoms with Crippen molar-refractivity contribution in [3.63, 3.8) is 0 Å². The Balaban J connectivity index is 3.67. The number of aliphatic carboxylic acids is 1. The molecule has 0 radical (unpaired) electrons. The van der Waals surface area contributed by atoms with E-state index in [1.165, 1.54) is 0 Å². The highest BCUT2D eigenvalue weighted by Gasteiger charge is 2.10. The summed E-state index contributed by atoms with van der Waals surface area (Å²) < 4.78 is 5.67. The van der Waals surface area contributed by atoms with Crippen LogP contribution < -0.4 is 0 Å². The lowest BCUT2D eigenvalue weighted by Gasteiger charge is -2.16. The molecule has 90 valence electrons. The van der Waals surface area contributed by atoms with Gasteiger partial charge in [0.25, 0.3) is 0 Å². The summed E-state index contributed by atoms with van der Waals surface area (Å²) in [5.74, 6) is -0.726. The standard InChI is InChI=1S/C12H24O3/c1-3-5-7-11(8-9-12(13)14)15-10-6-4-2/h11H,3-10H2,1-2H3,(H,13,14). The SMILES string of the molecule is CCCCOC(CCCC)CCC(=O)O. The summed E-state index contributed by atoms with van der Waals surface area (Å²) in [6.45, 7) is 5.03. The number of hydrogen-bond donors (Lipinski definition) is 1. The average Bonchev–Trinajstić information content (AvgIpc) is 2.21. The van der Waals surface area contributed by atoms with E-state index < -0.39 is 5.97 Å². The number of carboxylic acid groups (broad SMARTS) is 1. The van der Waals surface area contributed by atoms with Gasteiger partial charge in [-0.3, -0.25) is 4.79 Å². The Bertz CT molecular complexity index is 157. The summed E-state index contributed by atoms with van der Waals surface area (Å²) in [6, 6.07) is 0. The first kappa shape index (κ1) is 14.4. The van der Waals surface area contributed by atoms with E-state index in [0.717, 1.165) is 38.7 Å². The fourth-order valence-electron chi connectivity index (χ4n) is 1.42. The first-order valence-corrected chi connectivity index (χ1v) is 6.04. The van der Waals surface area contributed by atoms with Crippen LogP contribution in [0.3, 0.4) is 0 Å². The number of unbranched alkanes of at least 4 members (excludes halogenated alkanes) is 2. The molecule has 0 aromatic heterocycles. The zero-order chi connectivity index (χ0) is 11.5. The minimum atomic E-state index is -0.726. The first-order valence-electron chi connectivity index (χ1n) is 6.04. The van der Waals surface area contributed by atoms with Gasteiger partial charge in [0.1, 0.15) is 0 Å². The molecule has 0 aliphatic rings. The Morgan fingerprint density at radius 3 is 2.40 bits per heavy atom. The topological polar surface area (TPSA) is 46.5 Å². The highest BCUT2D eigenvalue weighted by atomic mass is 16.5. The van der Waals surface area contributed by atoms with Crippen LogP contribution in [0.2, 0.25) is 0 Å². The fraction of sp³-hybridized carbons (Fsp3) is 0.917. The zero-order valence-electron chi connectivity index (χ0n) is 10.00. The Morgan fingerprint density at radius 1 is 1.20 bits per heavy atom. The van der Waals surface area contributed by atoms with E-state index in [1.54, 1.807) is 0 Å². The Kier molecular flexibility index (Phi) is 9.59. The first-order chi connectivity index (χ1) is 7.20. The fourth-order valence-corrected chi connectivity index (χ4v) is 1.42. The molecule has 1 atom stereocenters. The second-order valence-corrected chi connectivity index (χ2v) is 3.92. The molecule has 3 nitrogen and oxygen atoms in total. The molecule has 0 aliphatic heterocycles. The van der Waals surface area contributed by atoms with Crippen LogP contribution in [-0.2, 0) is 9.53 Å². The van der Waals surface area contributed by atoms with Gasteiger partial charge < -0.3 is 9.84 Å². The maximum Gasteiger partial charge on any atom is 0.303 e. The van der Waals surface area contributed by atoms with Crippen LogP contribution in [0.15, 0.2) is 0 Å². The molecular weight excluding hydrogens is 192 g/mol. The summed E-state index contributed by atoms with van der Waals surface area (Å²) in [4.78, 5) is 10.5. The molecule has 0 bridgehead atoms. The molecule has 0 aromatic carbocycles. The third-order valence-corrected chi connectivity index (χ3v) is 2.41. The monoisotopic (exact) mass is 216 g/mol. The lowest BCUT2D eigenvalue weighted by atomic mass is 10.1. The van der Waals surface area contributed by atoms with Crippen LogP contribution in [0.4, 0.5) is 0 Å². The number of ether oxygens (including phenoxy) is 1. The number of rotatable bonds is 10. The van der Waals surface area contributed by atoms with Crippen LogP contribution in [-0.4, -0.2) is 23.8 Å². The Hall–Kier alpha value is -0.570. The van der Waals surface area contributed by atoms with Gasteiger partial charge in [0, 0.05) is 13.0 Å². The number of hydrogen-bond acceptors (Lipinski definition) is 2. The number of carbonyl (C=O) groups is 1. The highest BCUT2D eigenvalue weighted by molar-refractivity contribution is 5.66. The van der Waals surface area contributed by atoms with Crippen molar-refractivity contribution in [1.29, 1.82) is 0 Å². The maximum atomic E-state index is 10.5. The molecule has 0 aromatic rings. The summed E-state index contributed by atoms with van der Waals surface area (Å²) in [5, 5.41) is 8.60. The van der Waals surface area contributed by atoms with Crippen LogP contribution in [0, 0.1) is 0 Å². The maximum absolute atomic E-state index is 10.5. The van der Waals surface area contributed by atoms with E-state index in [9.17, 15) is 4.79 Å². The molecule has 0 heterocycles. The van der Waals surface area contributed by atoms with Gasteiger partial charge in [-0.25, -0.2) is 0 Å². The lowest BCUT2D eigenvalue weighted by Crippen LogP contribution is -2.15. The third-order valence-electron chi connectivity index (χ3n) is 2.41. The van der Waals surface area contributed by atoms with Crippen molar-refractivity contribution in [3.8, 4) is 0 Å². The molecule has 15 heavy (non-hydrogen) atoms. The van der Waals surface area contributed by atoms with E-state index in [4.69, 9.17) is 9.84 Å². The minimum Gasteiger partial charge on any atom is -0.481 e. The molecule has 0 saturated heterocycles. The number of carboxylic acids is 1. The molecule has 1 unspecified atom stereocenters. The summed E-state index contributed by atoms with van der Waals surface area (Å²) in [7, 11) is 0. The van der Waals surface area contributed by atoms with Crippen molar-refractivity contribution in [2.45, 2.75) is 64.9 Å². The van der Waals surface area contributed by atoms with Crippen LogP contribution in [0.1, 0.15) is 58.8 Å². The average molecular weight is 216 g/mol. The normalized spacial score (nSPS) is 12.7. The molecule has 0 spiro atoms. The molecule has 0 aliphatic carbocycles. The molecular formula is C12H24O3. The van der Waals surface area contributed by atoms with E-state index in [0.29, 0.717) is 6.42 Å². The smallest absolute Gasteiger partial charge is 0.303 e. The van der Waals surface area contributed by atoms with Gasteiger partial charge in [-0.1, -0.05) is 33.1 Å². The minimum absolute atomic E-state index is 0.146. The largest absolute Gasteiger partial charge is 0.481 e. The second kappa shape index (κ2) is 9.97. The van der Waals surface area contributed by atoms with Gasteiger partial charge in [0.05, 0.1) is 6.10 Å². The Labute approximate surface area is 92.8 Å². The van der Waals surface area contributed by atoms with E-state index in [1.807, 2.05) is 0 Å². The molecule has 0 fully saturated rings. The van der Waals surface area contributed by atoms with Gasteiger partial charge in [-0.2, -0.15) is 0 Å². The van der Waals surface area contributed by atoms with E-state index >= 15 is 0 Å². The molecule has 0 rings (SSSR count). The van der Waals surface area contributed by atoms with Crippen molar-refractivity contribution in [2.24, 2.45) is 0 Å². The predicted octanol–water partition coefficient (Wildman–Crippen LogP) is 3.23. The summed E-state index contributed by atoms with van der Waals surface area (Å²) in [5.41, 5.74) is 0. The van der Waals surface area contributed by atoms with Crippen molar-refractivity contribution in [3.05, 3.63) is 0 Å². The van der Waals surface area contributed by atoms with Crippen molar-refractivity contribution < 1.29 is 14.6 Å². The van der Waals surface area contributed by atoms with Gasteiger partial charge in [0.15, 0.2) is 0 Å². The highest BCUT2D eigenvalue weighted by Crippen LogP contribution is 2.11. The molecule has 3 heteroatoms. The van der Waals surface area contributed by atoms with Crippen LogP contribution in [0.25, 0.3) is 0 Å². The van der Waals surface area contributed by atoms with Crippen LogP contribution in [0.5, 0.6) is 0 Å². The molecule has 1 N–H and O–H groups in total. The van der Waals surface area contributed by atoms with Crippen LogP contribution >= 0.6 is 0 Å². The van der Waals surface area contributed by atoms with E-state index in [-0.39, 0.29) is 12.5 Å². The zero-order valence-corrected chi connectivity index (χ0v) is 10.00. The Morgan fingerprint density at radius 2 is 1.87 bits per heavy atom. The molecule has 0 amide bonds. The van der Waals surface area contributed by atoms with E-state index in [2.05, 4.69) is 13.8 Å². The van der Waals surface area contributed by atoms with Crippen molar-refractivity contribution in [2.75, 3.05) is 6.61 Å². The summed E-state index contributed by atoms with van der Waals surface area (Å²) >= 11 is 0. The van der Waals surface area contributed by atoms with Crippen molar-refractivity contribution >= 4 is 5.97 Å². The predicted molar refractivity (Wildman–Crippen MR) is 61.0 cm³/mol. The lowest BCUT2D eigenvalue weighted by molar-refractivity contribution is -0.137. The van der Waals surface area contributed by atoms with Gasteiger partial charge in [-0.05, 0) is 19.3 Å². The molecule has 0 saturated carbocycles. The summed E-state index contributed by atoms with van der Waals surface area (Å²) in [6.07, 6.45) is 6.46. The van der Waals surface area contributed by atoms with Gasteiger partial charge in [-0.15, -0.1) is 0 Å². The van der Waals surface area contributed by atoms with Gasteiger partial charge in [0.2, 0.25) is 0 Å². The third kappa shape index (κ3) is 9.73.